The number of hydrogen-bond acceptors (Lipinski definition) is 3. The molecule has 3 heteroatoms. The van der Waals surface area contributed by atoms with E-state index in [9.17, 15) is 0 Å². The summed E-state index contributed by atoms with van der Waals surface area (Å²) in [7, 11) is 0. The summed E-state index contributed by atoms with van der Waals surface area (Å²) in [5, 5.41) is 17.2. The predicted octanol–water partition coefficient (Wildman–Crippen LogP) is 0.704. The fourth-order valence-electron chi connectivity index (χ4n) is 1.59. The Hall–Kier alpha value is -0.750. The topological polar surface area (TPSA) is 47.3 Å². The maximum Gasteiger partial charge on any atom is 0.179 e. The number of nitriles is 1. The molecule has 0 aromatic heterocycles. The molecule has 1 fully saturated rings. The molecule has 0 amide bonds. The van der Waals surface area contributed by atoms with E-state index in [2.05, 4.69) is 6.19 Å². The second kappa shape index (κ2) is 4.20. The average molecular weight is 154 g/mol. The third kappa shape index (κ3) is 2.09. The monoisotopic (exact) mass is 154 g/mol. The Morgan fingerprint density at radius 1 is 1.64 bits per heavy atom. The Kier molecular flexibility index (Phi) is 3.18. The molecule has 1 atom stereocenters. The summed E-state index contributed by atoms with van der Waals surface area (Å²) < 4.78 is 0. The zero-order valence-electron chi connectivity index (χ0n) is 6.66. The molecule has 0 aliphatic carbocycles. The summed E-state index contributed by atoms with van der Waals surface area (Å²) in [5.41, 5.74) is 0. The minimum Gasteiger partial charge on any atom is -0.396 e. The van der Waals surface area contributed by atoms with Gasteiger partial charge in [-0.2, -0.15) is 5.26 Å². The lowest BCUT2D eigenvalue weighted by Gasteiger charge is -2.16. The maximum atomic E-state index is 8.65. The molecule has 62 valence electrons. The van der Waals surface area contributed by atoms with Crippen LogP contribution in [0.3, 0.4) is 0 Å². The molecular weight excluding hydrogens is 140 g/mol. The fourth-order valence-corrected chi connectivity index (χ4v) is 1.59. The van der Waals surface area contributed by atoms with Crippen molar-refractivity contribution in [3.05, 3.63) is 0 Å². The molecule has 0 saturated carbocycles. The van der Waals surface area contributed by atoms with Crippen LogP contribution in [0.5, 0.6) is 0 Å². The van der Waals surface area contributed by atoms with Gasteiger partial charge in [0.25, 0.3) is 0 Å². The second-order valence-electron chi connectivity index (χ2n) is 2.96. The summed E-state index contributed by atoms with van der Waals surface area (Å²) in [4.78, 5) is 1.83. The SMILES string of the molecule is N#CN1CCCC1CCCO. The zero-order valence-corrected chi connectivity index (χ0v) is 6.66. The first-order chi connectivity index (χ1) is 5.38. The van der Waals surface area contributed by atoms with Crippen LogP contribution >= 0.6 is 0 Å². The molecule has 1 N–H and O–H groups in total. The summed E-state index contributed by atoms with van der Waals surface area (Å²) in [5.74, 6) is 0. The molecular formula is C8H14N2O. The van der Waals surface area contributed by atoms with Gasteiger partial charge in [0.15, 0.2) is 6.19 Å². The van der Waals surface area contributed by atoms with E-state index in [0.717, 1.165) is 32.2 Å². The summed E-state index contributed by atoms with van der Waals surface area (Å²) in [6.07, 6.45) is 6.21. The minimum atomic E-state index is 0.246. The standard InChI is InChI=1S/C8H14N2O/c9-7-10-5-1-3-8(10)4-2-6-11/h8,11H,1-6H2. The number of hydrogen-bond donors (Lipinski definition) is 1. The van der Waals surface area contributed by atoms with Crippen molar-refractivity contribution in [3.8, 4) is 6.19 Å². The van der Waals surface area contributed by atoms with E-state index >= 15 is 0 Å². The molecule has 11 heavy (non-hydrogen) atoms. The minimum absolute atomic E-state index is 0.246. The lowest BCUT2D eigenvalue weighted by atomic mass is 10.1. The molecule has 1 unspecified atom stereocenters. The molecule has 1 heterocycles. The lowest BCUT2D eigenvalue weighted by molar-refractivity contribution is 0.258. The van der Waals surface area contributed by atoms with Crippen LogP contribution in [-0.2, 0) is 0 Å². The molecule has 0 aromatic carbocycles. The van der Waals surface area contributed by atoms with Gasteiger partial charge >= 0.3 is 0 Å². The Bertz CT molecular complexity index is 153. The molecule has 0 aromatic rings. The Morgan fingerprint density at radius 2 is 2.45 bits per heavy atom. The molecule has 1 aliphatic rings. The highest BCUT2D eigenvalue weighted by Gasteiger charge is 2.22. The van der Waals surface area contributed by atoms with Gasteiger partial charge in [0.05, 0.1) is 0 Å². The van der Waals surface area contributed by atoms with Crippen molar-refractivity contribution < 1.29 is 5.11 Å². The van der Waals surface area contributed by atoms with Crippen molar-refractivity contribution in [2.45, 2.75) is 31.7 Å². The van der Waals surface area contributed by atoms with Gasteiger partial charge in [-0.05, 0) is 25.7 Å². The van der Waals surface area contributed by atoms with Crippen molar-refractivity contribution in [2.75, 3.05) is 13.2 Å². The molecule has 0 spiro atoms. The van der Waals surface area contributed by atoms with Gasteiger partial charge in [0, 0.05) is 19.2 Å². The Labute approximate surface area is 67.2 Å². The van der Waals surface area contributed by atoms with Crippen LogP contribution in [0, 0.1) is 11.5 Å². The highest BCUT2D eigenvalue weighted by molar-refractivity contribution is 4.87. The van der Waals surface area contributed by atoms with E-state index in [1.165, 1.54) is 0 Å². The first kappa shape index (κ1) is 8.35. The van der Waals surface area contributed by atoms with Crippen LogP contribution in [-0.4, -0.2) is 29.2 Å². The molecule has 3 nitrogen and oxygen atoms in total. The van der Waals surface area contributed by atoms with E-state index in [4.69, 9.17) is 10.4 Å². The second-order valence-corrected chi connectivity index (χ2v) is 2.96. The van der Waals surface area contributed by atoms with Gasteiger partial charge in [0.2, 0.25) is 0 Å². The van der Waals surface area contributed by atoms with Crippen LogP contribution < -0.4 is 0 Å². The van der Waals surface area contributed by atoms with Gasteiger partial charge in [-0.1, -0.05) is 0 Å². The van der Waals surface area contributed by atoms with E-state index < -0.39 is 0 Å². The first-order valence-corrected chi connectivity index (χ1v) is 4.15. The number of nitrogens with zero attached hydrogens (tertiary/aromatic N) is 2. The van der Waals surface area contributed by atoms with Crippen molar-refractivity contribution in [1.82, 2.24) is 4.90 Å². The average Bonchev–Trinajstić information content (AvgIpc) is 2.47. The summed E-state index contributed by atoms with van der Waals surface area (Å²) in [6.45, 7) is 1.16. The lowest BCUT2D eigenvalue weighted by Crippen LogP contribution is -2.24. The third-order valence-corrected chi connectivity index (χ3v) is 2.20. The molecule has 1 rings (SSSR count). The third-order valence-electron chi connectivity index (χ3n) is 2.20. The van der Waals surface area contributed by atoms with Gasteiger partial charge in [-0.15, -0.1) is 0 Å². The quantitative estimate of drug-likeness (QED) is 0.609. The van der Waals surface area contributed by atoms with E-state index in [0.29, 0.717) is 6.04 Å². The van der Waals surface area contributed by atoms with Crippen LogP contribution in [0.1, 0.15) is 25.7 Å². The van der Waals surface area contributed by atoms with Crippen molar-refractivity contribution >= 4 is 0 Å². The molecule has 1 saturated heterocycles. The summed E-state index contributed by atoms with van der Waals surface area (Å²) >= 11 is 0. The highest BCUT2D eigenvalue weighted by Crippen LogP contribution is 2.19. The summed E-state index contributed by atoms with van der Waals surface area (Å²) in [6, 6.07) is 0.409. The largest absolute Gasteiger partial charge is 0.396 e. The Balaban J connectivity index is 2.27. The zero-order chi connectivity index (χ0) is 8.10. The molecule has 0 bridgehead atoms. The number of rotatable bonds is 3. The smallest absolute Gasteiger partial charge is 0.179 e. The highest BCUT2D eigenvalue weighted by atomic mass is 16.2. The van der Waals surface area contributed by atoms with Crippen LogP contribution in [0.4, 0.5) is 0 Å². The number of likely N-dealkylation sites (tertiary alicyclic amines) is 1. The van der Waals surface area contributed by atoms with Crippen LogP contribution in [0.25, 0.3) is 0 Å². The predicted molar refractivity (Wildman–Crippen MR) is 41.7 cm³/mol. The van der Waals surface area contributed by atoms with Crippen LogP contribution in [0.2, 0.25) is 0 Å². The van der Waals surface area contributed by atoms with Crippen molar-refractivity contribution in [1.29, 1.82) is 5.26 Å². The normalized spacial score (nSPS) is 23.6. The van der Waals surface area contributed by atoms with Gasteiger partial charge < -0.3 is 10.0 Å². The molecule has 0 radical (unpaired) electrons. The van der Waals surface area contributed by atoms with E-state index in [-0.39, 0.29) is 6.61 Å². The molecule has 1 aliphatic heterocycles. The van der Waals surface area contributed by atoms with Crippen molar-refractivity contribution in [3.63, 3.8) is 0 Å². The van der Waals surface area contributed by atoms with Crippen LogP contribution in [0.15, 0.2) is 0 Å². The first-order valence-electron chi connectivity index (χ1n) is 4.15. The number of aliphatic hydroxyl groups is 1. The van der Waals surface area contributed by atoms with Gasteiger partial charge in [-0.25, -0.2) is 0 Å². The van der Waals surface area contributed by atoms with E-state index in [1.54, 1.807) is 0 Å². The maximum absolute atomic E-state index is 8.65. The van der Waals surface area contributed by atoms with Gasteiger partial charge in [-0.3, -0.25) is 0 Å². The van der Waals surface area contributed by atoms with Crippen molar-refractivity contribution in [2.24, 2.45) is 0 Å². The van der Waals surface area contributed by atoms with E-state index in [1.807, 2.05) is 4.90 Å². The number of aliphatic hydroxyl groups excluding tert-OH is 1. The fraction of sp³-hybridized carbons (Fsp3) is 0.875. The van der Waals surface area contributed by atoms with Gasteiger partial charge in [0.1, 0.15) is 0 Å². The Morgan fingerprint density at radius 3 is 3.09 bits per heavy atom.